The third-order valence-corrected chi connectivity index (χ3v) is 4.28. The van der Waals surface area contributed by atoms with E-state index in [0.29, 0.717) is 0 Å². The van der Waals surface area contributed by atoms with Gasteiger partial charge >= 0.3 is 0 Å². The predicted octanol–water partition coefficient (Wildman–Crippen LogP) is 2.89. The highest BCUT2D eigenvalue weighted by Crippen LogP contribution is 2.16. The molecule has 1 N–H and O–H groups in total. The van der Waals surface area contributed by atoms with Crippen LogP contribution >= 0.6 is 12.2 Å². The maximum absolute atomic E-state index is 5.43. The molecule has 0 unspecified atom stereocenters. The summed E-state index contributed by atoms with van der Waals surface area (Å²) in [6.45, 7) is 6.53. The van der Waals surface area contributed by atoms with E-state index in [1.54, 1.807) is 0 Å². The topological polar surface area (TPSA) is 36.9 Å². The highest BCUT2D eigenvalue weighted by molar-refractivity contribution is 7.71. The van der Waals surface area contributed by atoms with Gasteiger partial charge in [-0.3, -0.25) is 0 Å². The van der Waals surface area contributed by atoms with Crippen molar-refractivity contribution >= 4 is 23.4 Å². The molecule has 0 atom stereocenters. The first-order chi connectivity index (χ1) is 9.25. The van der Waals surface area contributed by atoms with Crippen LogP contribution in [0.3, 0.4) is 0 Å². The van der Waals surface area contributed by atoms with Crippen molar-refractivity contribution in [3.8, 4) is 0 Å². The van der Waals surface area contributed by atoms with E-state index in [0.717, 1.165) is 29.0 Å². The number of H-pyrrole nitrogens is 1. The van der Waals surface area contributed by atoms with Gasteiger partial charge < -0.3 is 14.5 Å². The number of imidazole rings is 1. The minimum absolute atomic E-state index is 0.786. The van der Waals surface area contributed by atoms with E-state index in [-0.39, 0.29) is 0 Å². The predicted molar refractivity (Wildman–Crippen MR) is 79.9 cm³/mol. The Bertz CT molecular complexity index is 622. The Morgan fingerprint density at radius 3 is 2.84 bits per heavy atom. The Balaban J connectivity index is 1.82. The lowest BCUT2D eigenvalue weighted by Crippen LogP contribution is -2.32. The van der Waals surface area contributed by atoms with Gasteiger partial charge in [-0.15, -0.1) is 0 Å². The van der Waals surface area contributed by atoms with Crippen LogP contribution in [0, 0.1) is 11.7 Å². The standard InChI is InChI=1S/C14H20N4S/c1-11-5-6-15-13-12(11)16-14(19)18(13)10-9-17-7-3-2-4-8-17/h5-6H,2-4,7-10H2,1H3,(H,16,19). The lowest BCUT2D eigenvalue weighted by molar-refractivity contribution is 0.221. The molecule has 1 saturated heterocycles. The van der Waals surface area contributed by atoms with E-state index in [2.05, 4.69) is 26.4 Å². The Kier molecular flexibility index (Phi) is 3.66. The van der Waals surface area contributed by atoms with E-state index in [4.69, 9.17) is 12.2 Å². The summed E-state index contributed by atoms with van der Waals surface area (Å²) < 4.78 is 2.92. The van der Waals surface area contributed by atoms with Crippen LogP contribution in [0.2, 0.25) is 0 Å². The number of piperidine rings is 1. The summed E-state index contributed by atoms with van der Waals surface area (Å²) in [7, 11) is 0. The Hall–Kier alpha value is -1.20. The van der Waals surface area contributed by atoms with Crippen LogP contribution < -0.4 is 0 Å². The van der Waals surface area contributed by atoms with Crippen molar-refractivity contribution in [2.45, 2.75) is 32.7 Å². The largest absolute Gasteiger partial charge is 0.329 e. The van der Waals surface area contributed by atoms with Crippen molar-refractivity contribution in [3.05, 3.63) is 22.6 Å². The zero-order valence-electron chi connectivity index (χ0n) is 11.4. The molecule has 0 saturated carbocycles. The van der Waals surface area contributed by atoms with Crippen LogP contribution in [-0.4, -0.2) is 39.1 Å². The fourth-order valence-corrected chi connectivity index (χ4v) is 3.09. The number of hydrogen-bond donors (Lipinski definition) is 1. The second-order valence-electron chi connectivity index (χ2n) is 5.31. The minimum Gasteiger partial charge on any atom is -0.329 e. The summed E-state index contributed by atoms with van der Waals surface area (Å²) in [5.41, 5.74) is 3.26. The monoisotopic (exact) mass is 276 g/mol. The summed E-state index contributed by atoms with van der Waals surface area (Å²) in [6, 6.07) is 2.02. The molecule has 3 rings (SSSR count). The lowest BCUT2D eigenvalue weighted by atomic mass is 10.1. The highest BCUT2D eigenvalue weighted by atomic mass is 32.1. The molecule has 2 aromatic rings. The minimum atomic E-state index is 0.786. The molecule has 0 radical (unpaired) electrons. The number of hydrogen-bond acceptors (Lipinski definition) is 3. The van der Waals surface area contributed by atoms with Gasteiger partial charge in [0, 0.05) is 19.3 Å². The van der Waals surface area contributed by atoms with Crippen molar-refractivity contribution < 1.29 is 0 Å². The number of aromatic nitrogens is 3. The highest BCUT2D eigenvalue weighted by Gasteiger charge is 2.12. The van der Waals surface area contributed by atoms with Gasteiger partial charge in [-0.05, 0) is 56.7 Å². The van der Waals surface area contributed by atoms with Crippen LogP contribution in [0.4, 0.5) is 0 Å². The first-order valence-electron chi connectivity index (χ1n) is 7.02. The molecule has 3 heterocycles. The molecule has 4 nitrogen and oxygen atoms in total. The Labute approximate surface area is 118 Å². The second kappa shape index (κ2) is 5.43. The average Bonchev–Trinajstić information content (AvgIpc) is 2.75. The summed E-state index contributed by atoms with van der Waals surface area (Å²) in [4.78, 5) is 10.3. The van der Waals surface area contributed by atoms with Gasteiger partial charge in [0.1, 0.15) is 0 Å². The van der Waals surface area contributed by atoms with Crippen LogP contribution in [-0.2, 0) is 6.54 Å². The fourth-order valence-electron chi connectivity index (χ4n) is 2.81. The molecule has 102 valence electrons. The first-order valence-corrected chi connectivity index (χ1v) is 7.43. The summed E-state index contributed by atoms with van der Waals surface area (Å²) >= 11 is 5.43. The van der Waals surface area contributed by atoms with Crippen molar-refractivity contribution in [1.29, 1.82) is 0 Å². The summed E-state index contributed by atoms with van der Waals surface area (Å²) in [5, 5.41) is 0. The summed E-state index contributed by atoms with van der Waals surface area (Å²) in [5.74, 6) is 0. The van der Waals surface area contributed by atoms with Gasteiger partial charge in [0.15, 0.2) is 10.4 Å². The molecule has 1 fully saturated rings. The van der Waals surface area contributed by atoms with E-state index >= 15 is 0 Å². The number of nitrogens with zero attached hydrogens (tertiary/aromatic N) is 3. The lowest BCUT2D eigenvalue weighted by Gasteiger charge is -2.26. The molecule has 0 aromatic carbocycles. The van der Waals surface area contributed by atoms with Gasteiger partial charge in [-0.25, -0.2) is 4.98 Å². The molecular weight excluding hydrogens is 256 g/mol. The van der Waals surface area contributed by atoms with Crippen LogP contribution in [0.25, 0.3) is 11.2 Å². The third kappa shape index (κ3) is 2.58. The van der Waals surface area contributed by atoms with Crippen molar-refractivity contribution in [2.24, 2.45) is 0 Å². The Morgan fingerprint density at radius 2 is 2.05 bits per heavy atom. The zero-order chi connectivity index (χ0) is 13.2. The smallest absolute Gasteiger partial charge is 0.179 e. The molecule has 1 aliphatic rings. The van der Waals surface area contributed by atoms with Crippen LogP contribution in [0.15, 0.2) is 12.3 Å². The maximum Gasteiger partial charge on any atom is 0.179 e. The average molecular weight is 276 g/mol. The van der Waals surface area contributed by atoms with Gasteiger partial charge in [0.25, 0.3) is 0 Å². The maximum atomic E-state index is 5.43. The molecule has 1 aliphatic heterocycles. The molecule has 2 aromatic heterocycles. The quantitative estimate of drug-likeness (QED) is 0.876. The van der Waals surface area contributed by atoms with Gasteiger partial charge in [0.05, 0.1) is 5.52 Å². The van der Waals surface area contributed by atoms with Crippen molar-refractivity contribution in [2.75, 3.05) is 19.6 Å². The molecule has 0 aliphatic carbocycles. The van der Waals surface area contributed by atoms with Gasteiger partial charge in [0.2, 0.25) is 0 Å². The van der Waals surface area contributed by atoms with Crippen LogP contribution in [0.5, 0.6) is 0 Å². The number of rotatable bonds is 3. The van der Waals surface area contributed by atoms with E-state index in [9.17, 15) is 0 Å². The number of fused-ring (bicyclic) bond motifs is 1. The zero-order valence-corrected chi connectivity index (χ0v) is 12.2. The molecule has 5 heteroatoms. The molecular formula is C14H20N4S. The van der Waals surface area contributed by atoms with Gasteiger partial charge in [-0.2, -0.15) is 0 Å². The SMILES string of the molecule is Cc1ccnc2c1[nH]c(=S)n2CCN1CCCCC1. The van der Waals surface area contributed by atoms with Crippen LogP contribution in [0.1, 0.15) is 24.8 Å². The molecule has 0 amide bonds. The second-order valence-corrected chi connectivity index (χ2v) is 5.70. The van der Waals surface area contributed by atoms with E-state index < -0.39 is 0 Å². The number of aromatic amines is 1. The molecule has 19 heavy (non-hydrogen) atoms. The third-order valence-electron chi connectivity index (χ3n) is 3.96. The number of likely N-dealkylation sites (tertiary alicyclic amines) is 1. The Morgan fingerprint density at radius 1 is 1.26 bits per heavy atom. The normalized spacial score (nSPS) is 17.1. The first kappa shape index (κ1) is 12.8. The number of aryl methyl sites for hydroxylation is 1. The van der Waals surface area contributed by atoms with E-state index in [1.807, 2.05) is 12.3 Å². The van der Waals surface area contributed by atoms with E-state index in [1.165, 1.54) is 37.9 Å². The molecule has 0 spiro atoms. The van der Waals surface area contributed by atoms with Crippen molar-refractivity contribution in [1.82, 2.24) is 19.4 Å². The van der Waals surface area contributed by atoms with Gasteiger partial charge in [-0.1, -0.05) is 6.42 Å². The fraction of sp³-hybridized carbons (Fsp3) is 0.571. The number of nitrogens with one attached hydrogen (secondary N) is 1. The summed E-state index contributed by atoms with van der Waals surface area (Å²) in [6.07, 6.45) is 5.90. The molecule has 0 bridgehead atoms. The number of pyridine rings is 1. The van der Waals surface area contributed by atoms with Crippen molar-refractivity contribution in [3.63, 3.8) is 0 Å².